The average molecular weight is 363 g/mol. The van der Waals surface area contributed by atoms with E-state index in [1.807, 2.05) is 48.5 Å². The van der Waals surface area contributed by atoms with Crippen molar-refractivity contribution in [2.45, 2.75) is 6.61 Å². The minimum atomic E-state index is -0.517. The van der Waals surface area contributed by atoms with Crippen LogP contribution in [0.1, 0.15) is 5.56 Å². The molecule has 3 aromatic rings. The molecule has 0 aliphatic rings. The van der Waals surface area contributed by atoms with Gasteiger partial charge < -0.3 is 9.47 Å². The number of para-hydroxylation sites is 1. The lowest BCUT2D eigenvalue weighted by atomic mass is 10.1. The van der Waals surface area contributed by atoms with Gasteiger partial charge in [-0.1, -0.05) is 48.5 Å². The van der Waals surface area contributed by atoms with Gasteiger partial charge in [-0.3, -0.25) is 10.1 Å². The number of esters is 1. The molecule has 0 fully saturated rings. The summed E-state index contributed by atoms with van der Waals surface area (Å²) in [4.78, 5) is 22.1. The Hall–Kier alpha value is -3.67. The van der Waals surface area contributed by atoms with E-state index >= 15 is 0 Å². The van der Waals surface area contributed by atoms with Gasteiger partial charge in [0.05, 0.1) is 4.92 Å². The van der Waals surface area contributed by atoms with Gasteiger partial charge in [0.1, 0.15) is 12.4 Å². The monoisotopic (exact) mass is 363 g/mol. The van der Waals surface area contributed by atoms with E-state index < -0.39 is 10.9 Å². The Morgan fingerprint density at radius 1 is 0.889 bits per heavy atom. The van der Waals surface area contributed by atoms with Crippen molar-refractivity contribution in [1.29, 1.82) is 0 Å². The van der Waals surface area contributed by atoms with Crippen LogP contribution in [-0.4, -0.2) is 17.5 Å². The number of carbonyl (C=O) groups is 1. The Kier molecular flexibility index (Phi) is 5.79. The standard InChI is InChI=1S/C21H17NO5/c23-21(27-14-16-10-12-18(13-11-16)22(24)25)15-26-20-9-5-4-8-19(20)17-6-2-1-3-7-17/h1-13H,14-15H2. The Morgan fingerprint density at radius 3 is 2.26 bits per heavy atom. The third-order valence-electron chi connectivity index (χ3n) is 3.86. The maximum absolute atomic E-state index is 12.0. The largest absolute Gasteiger partial charge is 0.481 e. The van der Waals surface area contributed by atoms with Crippen LogP contribution in [0.2, 0.25) is 0 Å². The summed E-state index contributed by atoms with van der Waals surface area (Å²) in [7, 11) is 0. The van der Waals surface area contributed by atoms with Crippen molar-refractivity contribution >= 4 is 11.7 Å². The zero-order chi connectivity index (χ0) is 19.1. The molecule has 3 rings (SSSR count). The van der Waals surface area contributed by atoms with Crippen LogP contribution >= 0.6 is 0 Å². The van der Waals surface area contributed by atoms with E-state index in [-0.39, 0.29) is 18.9 Å². The minimum absolute atomic E-state index is 0.00840. The van der Waals surface area contributed by atoms with Gasteiger partial charge in [0.15, 0.2) is 6.61 Å². The molecule has 0 amide bonds. The van der Waals surface area contributed by atoms with Crippen LogP contribution in [0.25, 0.3) is 11.1 Å². The van der Waals surface area contributed by atoms with Crippen LogP contribution in [0, 0.1) is 10.1 Å². The summed E-state index contributed by atoms with van der Waals surface area (Å²) in [5, 5.41) is 10.6. The van der Waals surface area contributed by atoms with Crippen LogP contribution in [-0.2, 0) is 16.1 Å². The van der Waals surface area contributed by atoms with Crippen molar-refractivity contribution in [3.63, 3.8) is 0 Å². The minimum Gasteiger partial charge on any atom is -0.481 e. The number of hydrogen-bond acceptors (Lipinski definition) is 5. The van der Waals surface area contributed by atoms with Crippen molar-refractivity contribution in [2.75, 3.05) is 6.61 Å². The van der Waals surface area contributed by atoms with Gasteiger partial charge in [-0.2, -0.15) is 0 Å². The van der Waals surface area contributed by atoms with E-state index in [0.29, 0.717) is 11.3 Å². The van der Waals surface area contributed by atoms with E-state index in [1.165, 1.54) is 12.1 Å². The molecule has 0 atom stereocenters. The van der Waals surface area contributed by atoms with Crippen molar-refractivity contribution in [3.8, 4) is 16.9 Å². The van der Waals surface area contributed by atoms with Crippen molar-refractivity contribution in [3.05, 3.63) is 94.5 Å². The predicted octanol–water partition coefficient (Wildman–Crippen LogP) is 4.38. The molecule has 0 aromatic heterocycles. The zero-order valence-corrected chi connectivity index (χ0v) is 14.4. The lowest BCUT2D eigenvalue weighted by molar-refractivity contribution is -0.384. The first-order valence-corrected chi connectivity index (χ1v) is 8.29. The molecule has 3 aromatic carbocycles. The molecule has 0 unspecified atom stereocenters. The number of carbonyl (C=O) groups excluding carboxylic acids is 1. The molecular formula is C21H17NO5. The summed E-state index contributed by atoms with van der Waals surface area (Å²) in [6.45, 7) is -0.197. The first-order chi connectivity index (χ1) is 13.1. The number of ether oxygens (including phenoxy) is 2. The van der Waals surface area contributed by atoms with Gasteiger partial charge in [0.25, 0.3) is 5.69 Å². The quantitative estimate of drug-likeness (QED) is 0.353. The highest BCUT2D eigenvalue weighted by Crippen LogP contribution is 2.29. The number of nitro groups is 1. The van der Waals surface area contributed by atoms with Gasteiger partial charge >= 0.3 is 5.97 Å². The number of nitrogens with zero attached hydrogens (tertiary/aromatic N) is 1. The summed E-state index contributed by atoms with van der Waals surface area (Å²) in [5.74, 6) is 0.0761. The highest BCUT2D eigenvalue weighted by molar-refractivity contribution is 5.73. The molecule has 6 nitrogen and oxygen atoms in total. The fourth-order valence-electron chi connectivity index (χ4n) is 2.50. The molecule has 6 heteroatoms. The van der Waals surface area contributed by atoms with Crippen LogP contribution in [0.3, 0.4) is 0 Å². The number of non-ortho nitro benzene ring substituents is 1. The SMILES string of the molecule is O=C(COc1ccccc1-c1ccccc1)OCc1ccc([N+](=O)[O-])cc1. The third-order valence-corrected chi connectivity index (χ3v) is 3.86. The molecule has 0 spiro atoms. The Bertz CT molecular complexity index is 923. The lowest BCUT2D eigenvalue weighted by Gasteiger charge is -2.11. The Morgan fingerprint density at radius 2 is 1.56 bits per heavy atom. The van der Waals surface area contributed by atoms with Crippen LogP contribution in [0.4, 0.5) is 5.69 Å². The number of benzene rings is 3. The van der Waals surface area contributed by atoms with Gasteiger partial charge in [0, 0.05) is 17.7 Å². The zero-order valence-electron chi connectivity index (χ0n) is 14.4. The van der Waals surface area contributed by atoms with E-state index in [2.05, 4.69) is 0 Å². The summed E-state index contributed by atoms with van der Waals surface area (Å²) in [6, 6.07) is 23.0. The second-order valence-electron chi connectivity index (χ2n) is 5.74. The molecule has 0 saturated carbocycles. The first-order valence-electron chi connectivity index (χ1n) is 8.29. The molecule has 27 heavy (non-hydrogen) atoms. The van der Waals surface area contributed by atoms with Crippen LogP contribution in [0.5, 0.6) is 5.75 Å². The predicted molar refractivity (Wildman–Crippen MR) is 100 cm³/mol. The fraction of sp³-hybridized carbons (Fsp3) is 0.0952. The molecule has 136 valence electrons. The van der Waals surface area contributed by atoms with Crippen molar-refractivity contribution < 1.29 is 19.2 Å². The Labute approximate surface area is 156 Å². The number of rotatable bonds is 7. The Balaban J connectivity index is 1.56. The molecule has 0 aliphatic carbocycles. The summed E-state index contributed by atoms with van der Waals surface area (Å²) < 4.78 is 10.8. The van der Waals surface area contributed by atoms with E-state index in [1.54, 1.807) is 18.2 Å². The van der Waals surface area contributed by atoms with E-state index in [9.17, 15) is 14.9 Å². The third kappa shape index (κ3) is 4.92. The topological polar surface area (TPSA) is 78.7 Å². The van der Waals surface area contributed by atoms with Gasteiger partial charge in [0.2, 0.25) is 0 Å². The smallest absolute Gasteiger partial charge is 0.344 e. The lowest BCUT2D eigenvalue weighted by Crippen LogP contribution is -2.15. The van der Waals surface area contributed by atoms with Gasteiger partial charge in [-0.15, -0.1) is 0 Å². The van der Waals surface area contributed by atoms with Crippen LogP contribution in [0.15, 0.2) is 78.9 Å². The summed E-state index contributed by atoms with van der Waals surface area (Å²) in [6.07, 6.45) is 0. The number of hydrogen-bond donors (Lipinski definition) is 0. The second-order valence-corrected chi connectivity index (χ2v) is 5.74. The summed E-state index contributed by atoms with van der Waals surface area (Å²) >= 11 is 0. The van der Waals surface area contributed by atoms with Crippen molar-refractivity contribution in [2.24, 2.45) is 0 Å². The maximum atomic E-state index is 12.0. The highest BCUT2D eigenvalue weighted by atomic mass is 16.6. The number of nitro benzene ring substituents is 1. The summed E-state index contributed by atoms with van der Waals surface area (Å²) in [5.41, 5.74) is 2.54. The van der Waals surface area contributed by atoms with Crippen molar-refractivity contribution in [1.82, 2.24) is 0 Å². The maximum Gasteiger partial charge on any atom is 0.344 e. The van der Waals surface area contributed by atoms with Gasteiger partial charge in [-0.05, 0) is 29.3 Å². The highest BCUT2D eigenvalue weighted by Gasteiger charge is 2.10. The van der Waals surface area contributed by atoms with Crippen LogP contribution < -0.4 is 4.74 Å². The first kappa shape index (κ1) is 18.1. The average Bonchev–Trinajstić information content (AvgIpc) is 2.72. The molecule has 0 radical (unpaired) electrons. The molecule has 0 heterocycles. The normalized spacial score (nSPS) is 10.2. The molecule has 0 bridgehead atoms. The van der Waals surface area contributed by atoms with Gasteiger partial charge in [-0.25, -0.2) is 4.79 Å². The molecule has 0 saturated heterocycles. The van der Waals surface area contributed by atoms with E-state index in [0.717, 1.165) is 11.1 Å². The molecule has 0 aliphatic heterocycles. The molecule has 0 N–H and O–H groups in total. The molecular weight excluding hydrogens is 346 g/mol. The second kappa shape index (κ2) is 8.62. The fourth-order valence-corrected chi connectivity index (χ4v) is 2.50. The van der Waals surface area contributed by atoms with E-state index in [4.69, 9.17) is 9.47 Å².